The first-order chi connectivity index (χ1) is 10.2. The van der Waals surface area contributed by atoms with Gasteiger partial charge in [0, 0.05) is 37.3 Å². The third kappa shape index (κ3) is 3.12. The Morgan fingerprint density at radius 3 is 2.90 bits per heavy atom. The van der Waals surface area contributed by atoms with Crippen molar-refractivity contribution in [1.82, 2.24) is 9.80 Å². The molecule has 3 rings (SSSR count). The third-order valence-electron chi connectivity index (χ3n) is 5.01. The first-order valence-corrected chi connectivity index (χ1v) is 8.13. The van der Waals surface area contributed by atoms with Crippen molar-refractivity contribution in [3.05, 3.63) is 35.1 Å². The van der Waals surface area contributed by atoms with E-state index in [-0.39, 0.29) is 11.9 Å². The second kappa shape index (κ2) is 6.42. The van der Waals surface area contributed by atoms with E-state index in [2.05, 4.69) is 9.80 Å². The van der Waals surface area contributed by atoms with Gasteiger partial charge >= 0.3 is 0 Å². The molecule has 2 atom stereocenters. The van der Waals surface area contributed by atoms with E-state index in [9.17, 15) is 4.39 Å². The van der Waals surface area contributed by atoms with Crippen LogP contribution in [0.3, 0.4) is 0 Å². The van der Waals surface area contributed by atoms with Crippen molar-refractivity contribution >= 4 is 0 Å². The molecule has 2 heterocycles. The average Bonchev–Trinajstić information content (AvgIpc) is 2.81. The van der Waals surface area contributed by atoms with Crippen LogP contribution in [0, 0.1) is 12.7 Å². The lowest BCUT2D eigenvalue weighted by Gasteiger charge is -2.32. The summed E-state index contributed by atoms with van der Waals surface area (Å²) in [7, 11) is 0. The van der Waals surface area contributed by atoms with Gasteiger partial charge in [-0.05, 0) is 45.3 Å². The molecule has 2 aliphatic rings. The lowest BCUT2D eigenvalue weighted by atomic mass is 10.0. The maximum Gasteiger partial charge on any atom is 0.128 e. The average molecular weight is 291 g/mol. The van der Waals surface area contributed by atoms with Gasteiger partial charge in [-0.1, -0.05) is 17.7 Å². The van der Waals surface area contributed by atoms with Gasteiger partial charge < -0.3 is 5.73 Å². The number of fused-ring (bicyclic) bond motifs is 1. The SMILES string of the molecule is Cc1ccc(F)c(C(CN)N2CCCN3CCCC3C2)c1. The minimum Gasteiger partial charge on any atom is -0.329 e. The van der Waals surface area contributed by atoms with Crippen LogP contribution in [-0.2, 0) is 0 Å². The first kappa shape index (κ1) is 14.9. The number of nitrogens with zero attached hydrogens (tertiary/aromatic N) is 2. The highest BCUT2D eigenvalue weighted by molar-refractivity contribution is 5.27. The molecule has 116 valence electrons. The summed E-state index contributed by atoms with van der Waals surface area (Å²) in [5, 5.41) is 0. The molecule has 3 nitrogen and oxygen atoms in total. The van der Waals surface area contributed by atoms with Gasteiger partial charge in [-0.3, -0.25) is 9.80 Å². The molecule has 0 aromatic heterocycles. The highest BCUT2D eigenvalue weighted by Gasteiger charge is 2.32. The molecule has 2 saturated heterocycles. The van der Waals surface area contributed by atoms with Crippen molar-refractivity contribution in [1.29, 1.82) is 0 Å². The molecular weight excluding hydrogens is 265 g/mol. The minimum absolute atomic E-state index is 0.00505. The van der Waals surface area contributed by atoms with Crippen LogP contribution in [-0.4, -0.2) is 48.6 Å². The zero-order valence-electron chi connectivity index (χ0n) is 12.9. The molecule has 0 radical (unpaired) electrons. The fourth-order valence-electron chi connectivity index (χ4n) is 3.91. The summed E-state index contributed by atoms with van der Waals surface area (Å²) in [6.45, 7) is 6.93. The maximum absolute atomic E-state index is 14.2. The summed E-state index contributed by atoms with van der Waals surface area (Å²) in [6.07, 6.45) is 3.72. The molecule has 2 N–H and O–H groups in total. The first-order valence-electron chi connectivity index (χ1n) is 8.13. The van der Waals surface area contributed by atoms with E-state index in [0.717, 1.165) is 30.6 Å². The highest BCUT2D eigenvalue weighted by Crippen LogP contribution is 2.29. The van der Waals surface area contributed by atoms with Crippen molar-refractivity contribution in [3.8, 4) is 0 Å². The molecule has 1 aromatic carbocycles. The van der Waals surface area contributed by atoms with Gasteiger partial charge in [0.2, 0.25) is 0 Å². The number of hydrogen-bond donors (Lipinski definition) is 1. The lowest BCUT2D eigenvalue weighted by molar-refractivity contribution is 0.173. The van der Waals surface area contributed by atoms with E-state index in [1.54, 1.807) is 6.07 Å². The van der Waals surface area contributed by atoms with Crippen LogP contribution in [0.5, 0.6) is 0 Å². The van der Waals surface area contributed by atoms with Crippen molar-refractivity contribution < 1.29 is 4.39 Å². The number of aryl methyl sites for hydroxylation is 1. The van der Waals surface area contributed by atoms with Crippen LogP contribution in [0.15, 0.2) is 18.2 Å². The van der Waals surface area contributed by atoms with Crippen molar-refractivity contribution in [2.45, 2.75) is 38.3 Å². The zero-order chi connectivity index (χ0) is 14.8. The summed E-state index contributed by atoms with van der Waals surface area (Å²) in [6, 6.07) is 6.00. The van der Waals surface area contributed by atoms with E-state index < -0.39 is 0 Å². The summed E-state index contributed by atoms with van der Waals surface area (Å²) >= 11 is 0. The van der Waals surface area contributed by atoms with Crippen LogP contribution in [0.25, 0.3) is 0 Å². The number of benzene rings is 1. The van der Waals surface area contributed by atoms with Crippen LogP contribution in [0.1, 0.15) is 36.4 Å². The van der Waals surface area contributed by atoms with Gasteiger partial charge in [0.25, 0.3) is 0 Å². The molecule has 21 heavy (non-hydrogen) atoms. The van der Waals surface area contributed by atoms with Gasteiger partial charge in [-0.15, -0.1) is 0 Å². The van der Waals surface area contributed by atoms with Crippen LogP contribution in [0.2, 0.25) is 0 Å². The Balaban J connectivity index is 1.83. The van der Waals surface area contributed by atoms with Gasteiger partial charge in [-0.25, -0.2) is 4.39 Å². The largest absolute Gasteiger partial charge is 0.329 e. The van der Waals surface area contributed by atoms with E-state index in [1.165, 1.54) is 25.9 Å². The monoisotopic (exact) mass is 291 g/mol. The second-order valence-corrected chi connectivity index (χ2v) is 6.46. The predicted molar refractivity (Wildman–Crippen MR) is 83.7 cm³/mol. The second-order valence-electron chi connectivity index (χ2n) is 6.46. The smallest absolute Gasteiger partial charge is 0.128 e. The Morgan fingerprint density at radius 1 is 1.29 bits per heavy atom. The molecule has 0 amide bonds. The Labute approximate surface area is 126 Å². The number of hydrogen-bond acceptors (Lipinski definition) is 3. The summed E-state index contributed by atoms with van der Waals surface area (Å²) < 4.78 is 14.2. The fourth-order valence-corrected chi connectivity index (χ4v) is 3.91. The molecule has 0 aliphatic carbocycles. The van der Waals surface area contributed by atoms with Gasteiger partial charge in [0.1, 0.15) is 5.82 Å². The molecule has 4 heteroatoms. The molecule has 0 saturated carbocycles. The Bertz CT molecular complexity index is 491. The zero-order valence-corrected chi connectivity index (χ0v) is 12.9. The summed E-state index contributed by atoms with van der Waals surface area (Å²) in [4.78, 5) is 5.01. The fraction of sp³-hybridized carbons (Fsp3) is 0.647. The normalized spacial score (nSPS) is 25.6. The topological polar surface area (TPSA) is 32.5 Å². The van der Waals surface area contributed by atoms with E-state index in [0.29, 0.717) is 12.6 Å². The Morgan fingerprint density at radius 2 is 2.10 bits per heavy atom. The highest BCUT2D eigenvalue weighted by atomic mass is 19.1. The van der Waals surface area contributed by atoms with Crippen molar-refractivity contribution in [2.24, 2.45) is 5.73 Å². The van der Waals surface area contributed by atoms with Crippen LogP contribution < -0.4 is 5.73 Å². The quantitative estimate of drug-likeness (QED) is 0.927. The van der Waals surface area contributed by atoms with E-state index >= 15 is 0 Å². The van der Waals surface area contributed by atoms with Gasteiger partial charge in [0.05, 0.1) is 0 Å². The molecular formula is C17H26FN3. The number of rotatable bonds is 3. The van der Waals surface area contributed by atoms with Crippen molar-refractivity contribution in [3.63, 3.8) is 0 Å². The van der Waals surface area contributed by atoms with E-state index in [4.69, 9.17) is 5.73 Å². The molecule has 2 aliphatic heterocycles. The standard InChI is InChI=1S/C17H26FN3/c1-13-5-6-16(18)15(10-13)17(11-19)21-9-3-8-20-7-2-4-14(20)12-21/h5-6,10,14,17H,2-4,7-9,11-12,19H2,1H3. The van der Waals surface area contributed by atoms with E-state index in [1.807, 2.05) is 19.1 Å². The molecule has 2 fully saturated rings. The van der Waals surface area contributed by atoms with Gasteiger partial charge in [-0.2, -0.15) is 0 Å². The van der Waals surface area contributed by atoms with Gasteiger partial charge in [0.15, 0.2) is 0 Å². The molecule has 0 spiro atoms. The Kier molecular flexibility index (Phi) is 4.57. The predicted octanol–water partition coefficient (Wildman–Crippen LogP) is 2.30. The number of nitrogens with two attached hydrogens (primary N) is 1. The number of halogens is 1. The molecule has 0 bridgehead atoms. The maximum atomic E-state index is 14.2. The molecule has 1 aromatic rings. The van der Waals surface area contributed by atoms with Crippen LogP contribution in [0.4, 0.5) is 4.39 Å². The minimum atomic E-state index is -0.122. The van der Waals surface area contributed by atoms with Crippen LogP contribution >= 0.6 is 0 Å². The van der Waals surface area contributed by atoms with Crippen molar-refractivity contribution in [2.75, 3.05) is 32.7 Å². The summed E-state index contributed by atoms with van der Waals surface area (Å²) in [5.74, 6) is -0.122. The third-order valence-corrected chi connectivity index (χ3v) is 5.01. The summed E-state index contributed by atoms with van der Waals surface area (Å²) in [5.41, 5.74) is 7.89. The Hall–Kier alpha value is -0.970. The molecule has 2 unspecified atom stereocenters. The lowest BCUT2D eigenvalue weighted by Crippen LogP contribution is -2.41.